The predicted molar refractivity (Wildman–Crippen MR) is 118 cm³/mol. The van der Waals surface area contributed by atoms with Crippen LogP contribution in [0.3, 0.4) is 0 Å². The van der Waals surface area contributed by atoms with Gasteiger partial charge in [0.1, 0.15) is 12.4 Å². The first-order chi connectivity index (χ1) is 13.7. The van der Waals surface area contributed by atoms with Crippen molar-refractivity contribution in [3.63, 3.8) is 0 Å². The zero-order valence-corrected chi connectivity index (χ0v) is 17.7. The fourth-order valence-corrected chi connectivity index (χ4v) is 3.37. The summed E-state index contributed by atoms with van der Waals surface area (Å²) in [6, 6.07) is 21.4. The molecule has 0 saturated carbocycles. The Hall–Kier alpha value is -2.78. The van der Waals surface area contributed by atoms with Crippen LogP contribution in [-0.2, 0) is 23.2 Å². The molecule has 3 aromatic rings. The second-order valence-corrected chi connectivity index (χ2v) is 8.56. The molecule has 0 radical (unpaired) electrons. The molecular weight excluding hydrogens is 384 g/mol. The summed E-state index contributed by atoms with van der Waals surface area (Å²) in [6.07, 6.45) is -0.0274. The molecule has 0 aliphatic heterocycles. The van der Waals surface area contributed by atoms with Crippen molar-refractivity contribution in [1.82, 2.24) is 0 Å². The smallest absolute Gasteiger partial charge is 0.307 e. The van der Waals surface area contributed by atoms with Gasteiger partial charge in [0.25, 0.3) is 0 Å². The lowest BCUT2D eigenvalue weighted by Crippen LogP contribution is -2.15. The highest BCUT2D eigenvalue weighted by molar-refractivity contribution is 6.30. The molecule has 3 rings (SSSR count). The average Bonchev–Trinajstić information content (AvgIpc) is 2.67. The van der Waals surface area contributed by atoms with Gasteiger partial charge in [-0.05, 0) is 40.3 Å². The number of hydrogen-bond acceptors (Lipinski definition) is 2. The van der Waals surface area contributed by atoms with Gasteiger partial charge in [-0.15, -0.1) is 0 Å². The van der Waals surface area contributed by atoms with E-state index >= 15 is 0 Å². The van der Waals surface area contributed by atoms with E-state index in [9.17, 15) is 9.90 Å². The van der Waals surface area contributed by atoms with E-state index in [0.717, 1.165) is 33.6 Å². The van der Waals surface area contributed by atoms with Gasteiger partial charge < -0.3 is 9.84 Å². The topological polar surface area (TPSA) is 46.5 Å². The molecule has 3 aromatic carbocycles. The quantitative estimate of drug-likeness (QED) is 0.505. The molecule has 150 valence electrons. The molecule has 0 heterocycles. The number of benzene rings is 3. The SMILES string of the molecule is CC(C)(C)c1cc(CC(=O)O)cc(-c2ccccc2)c1OCc1ccc(Cl)cc1. The summed E-state index contributed by atoms with van der Waals surface area (Å²) in [5.41, 5.74) is 4.46. The lowest BCUT2D eigenvalue weighted by atomic mass is 9.82. The van der Waals surface area contributed by atoms with Crippen LogP contribution >= 0.6 is 11.6 Å². The van der Waals surface area contributed by atoms with Gasteiger partial charge in [0, 0.05) is 16.1 Å². The van der Waals surface area contributed by atoms with Crippen LogP contribution in [0.4, 0.5) is 0 Å². The Morgan fingerprint density at radius 3 is 2.21 bits per heavy atom. The number of halogens is 1. The molecule has 1 N–H and O–H groups in total. The van der Waals surface area contributed by atoms with E-state index in [4.69, 9.17) is 16.3 Å². The summed E-state index contributed by atoms with van der Waals surface area (Å²) in [5, 5.41) is 10.0. The van der Waals surface area contributed by atoms with E-state index in [1.165, 1.54) is 0 Å². The fourth-order valence-electron chi connectivity index (χ4n) is 3.25. The van der Waals surface area contributed by atoms with Crippen molar-refractivity contribution in [2.75, 3.05) is 0 Å². The third kappa shape index (κ3) is 5.39. The molecule has 0 atom stereocenters. The predicted octanol–water partition coefficient (Wildman–Crippen LogP) is 6.51. The number of aliphatic carboxylic acids is 1. The van der Waals surface area contributed by atoms with E-state index in [0.29, 0.717) is 11.6 Å². The molecule has 0 aromatic heterocycles. The van der Waals surface area contributed by atoms with E-state index in [2.05, 4.69) is 20.8 Å². The first-order valence-electron chi connectivity index (χ1n) is 9.56. The van der Waals surface area contributed by atoms with Crippen LogP contribution in [0.1, 0.15) is 37.5 Å². The lowest BCUT2D eigenvalue weighted by molar-refractivity contribution is -0.136. The molecule has 0 aliphatic carbocycles. The zero-order chi connectivity index (χ0) is 21.0. The minimum atomic E-state index is -0.848. The Morgan fingerprint density at radius 2 is 1.62 bits per heavy atom. The normalized spacial score (nSPS) is 11.3. The largest absolute Gasteiger partial charge is 0.488 e. The molecule has 29 heavy (non-hydrogen) atoms. The summed E-state index contributed by atoms with van der Waals surface area (Å²) in [7, 11) is 0. The number of ether oxygens (including phenoxy) is 1. The molecule has 0 unspecified atom stereocenters. The third-order valence-electron chi connectivity index (χ3n) is 4.69. The molecule has 0 amide bonds. The van der Waals surface area contributed by atoms with Crippen molar-refractivity contribution < 1.29 is 14.6 Å². The van der Waals surface area contributed by atoms with Gasteiger partial charge in [-0.25, -0.2) is 0 Å². The van der Waals surface area contributed by atoms with Crippen molar-refractivity contribution in [2.45, 2.75) is 39.2 Å². The van der Waals surface area contributed by atoms with Gasteiger partial charge >= 0.3 is 5.97 Å². The summed E-state index contributed by atoms with van der Waals surface area (Å²) >= 11 is 5.99. The third-order valence-corrected chi connectivity index (χ3v) is 4.95. The minimum absolute atomic E-state index is 0.0274. The molecule has 0 fully saturated rings. The first kappa shape index (κ1) is 20.9. The number of rotatable bonds is 6. The zero-order valence-electron chi connectivity index (χ0n) is 16.9. The van der Waals surface area contributed by atoms with Gasteiger partial charge in [-0.1, -0.05) is 80.9 Å². The summed E-state index contributed by atoms with van der Waals surface area (Å²) < 4.78 is 6.34. The Labute approximate surface area is 176 Å². The van der Waals surface area contributed by atoms with Crippen molar-refractivity contribution in [3.05, 3.63) is 88.4 Å². The maximum atomic E-state index is 11.4. The van der Waals surface area contributed by atoms with Crippen LogP contribution in [0, 0.1) is 0 Å². The van der Waals surface area contributed by atoms with Gasteiger partial charge in [0.05, 0.1) is 6.42 Å². The molecule has 4 heteroatoms. The fraction of sp³-hybridized carbons (Fsp3) is 0.240. The standard InChI is InChI=1S/C25H25ClO3/c1-25(2,3)22-14-18(15-23(27)28)13-21(19-7-5-4-6-8-19)24(22)29-16-17-9-11-20(26)12-10-17/h4-14H,15-16H2,1-3H3,(H,27,28). The lowest BCUT2D eigenvalue weighted by Gasteiger charge is -2.26. The second kappa shape index (κ2) is 8.71. The minimum Gasteiger partial charge on any atom is -0.488 e. The molecule has 0 bridgehead atoms. The highest BCUT2D eigenvalue weighted by Crippen LogP contribution is 2.41. The molecular formula is C25H25ClO3. The Kier molecular flexibility index (Phi) is 6.29. The van der Waals surface area contributed by atoms with Crippen LogP contribution < -0.4 is 4.74 Å². The maximum Gasteiger partial charge on any atom is 0.307 e. The van der Waals surface area contributed by atoms with Gasteiger partial charge in [0.15, 0.2) is 0 Å². The highest BCUT2D eigenvalue weighted by Gasteiger charge is 2.24. The van der Waals surface area contributed by atoms with Crippen LogP contribution in [0.15, 0.2) is 66.7 Å². The van der Waals surface area contributed by atoms with E-state index < -0.39 is 5.97 Å². The van der Waals surface area contributed by atoms with Crippen molar-refractivity contribution >= 4 is 17.6 Å². The van der Waals surface area contributed by atoms with Crippen LogP contribution in [0.5, 0.6) is 5.75 Å². The van der Waals surface area contributed by atoms with Crippen molar-refractivity contribution in [3.8, 4) is 16.9 Å². The van der Waals surface area contributed by atoms with Crippen LogP contribution in [0.2, 0.25) is 5.02 Å². The van der Waals surface area contributed by atoms with E-state index in [-0.39, 0.29) is 11.8 Å². The Bertz CT molecular complexity index is 987. The van der Waals surface area contributed by atoms with Gasteiger partial charge in [-0.2, -0.15) is 0 Å². The van der Waals surface area contributed by atoms with Gasteiger partial charge in [-0.3, -0.25) is 4.79 Å². The van der Waals surface area contributed by atoms with Crippen LogP contribution in [0.25, 0.3) is 11.1 Å². The van der Waals surface area contributed by atoms with E-state index in [1.54, 1.807) is 0 Å². The van der Waals surface area contributed by atoms with Crippen molar-refractivity contribution in [1.29, 1.82) is 0 Å². The first-order valence-corrected chi connectivity index (χ1v) is 9.93. The van der Waals surface area contributed by atoms with Crippen molar-refractivity contribution in [2.24, 2.45) is 0 Å². The summed E-state index contributed by atoms with van der Waals surface area (Å²) in [6.45, 7) is 6.72. The number of carboxylic acids is 1. The maximum absolute atomic E-state index is 11.4. The number of hydrogen-bond donors (Lipinski definition) is 1. The monoisotopic (exact) mass is 408 g/mol. The average molecular weight is 409 g/mol. The van der Waals surface area contributed by atoms with Gasteiger partial charge in [0.2, 0.25) is 0 Å². The number of carboxylic acid groups (broad SMARTS) is 1. The highest BCUT2D eigenvalue weighted by atomic mass is 35.5. The van der Waals surface area contributed by atoms with Crippen LogP contribution in [-0.4, -0.2) is 11.1 Å². The summed E-state index contributed by atoms with van der Waals surface area (Å²) in [5.74, 6) is -0.0634. The molecule has 0 saturated heterocycles. The molecule has 3 nitrogen and oxygen atoms in total. The molecule has 0 aliphatic rings. The summed E-state index contributed by atoms with van der Waals surface area (Å²) in [4.78, 5) is 11.4. The number of carbonyl (C=O) groups is 1. The Balaban J connectivity index is 2.11. The van der Waals surface area contributed by atoms with E-state index in [1.807, 2.05) is 66.7 Å². The molecule has 0 spiro atoms. The second-order valence-electron chi connectivity index (χ2n) is 8.12. The Morgan fingerprint density at radius 1 is 0.966 bits per heavy atom.